The van der Waals surface area contributed by atoms with E-state index >= 15 is 0 Å². The molecule has 0 radical (unpaired) electrons. The number of para-hydroxylation sites is 2. The zero-order valence-electron chi connectivity index (χ0n) is 35.2. The molecule has 1 aliphatic rings. The Labute approximate surface area is 368 Å². The summed E-state index contributed by atoms with van der Waals surface area (Å²) in [6.45, 7) is 4.72. The van der Waals surface area contributed by atoms with Crippen molar-refractivity contribution in [1.29, 1.82) is 0 Å². The summed E-state index contributed by atoms with van der Waals surface area (Å²) in [6, 6.07) is 81.8. The average molecular weight is 806 g/mol. The molecule has 10 aromatic carbocycles. The van der Waals surface area contributed by atoms with Crippen molar-refractivity contribution < 1.29 is 4.42 Å². The fraction of sp³-hybridized carbons (Fsp3) is 0.0492. The summed E-state index contributed by atoms with van der Waals surface area (Å²) >= 11 is 0. The predicted molar refractivity (Wildman–Crippen MR) is 265 cm³/mol. The van der Waals surface area contributed by atoms with Gasteiger partial charge in [-0.3, -0.25) is 0 Å². The lowest BCUT2D eigenvalue weighted by molar-refractivity contribution is 0.660. The van der Waals surface area contributed by atoms with Crippen LogP contribution in [0.1, 0.15) is 25.0 Å². The van der Waals surface area contributed by atoms with E-state index in [4.69, 9.17) is 4.42 Å². The topological polar surface area (TPSA) is 16.4 Å². The SMILES string of the molecule is CC1(C)c2ccccc2-c2ccc(-c3cc(N(c4ccc(-c5ccccc5)cc4)c4ccc(-c5cccc6c5oc5ccccc56)cc4)ccc3-c3ccc4ccccc4c3)cc21. The van der Waals surface area contributed by atoms with Crippen molar-refractivity contribution in [2.24, 2.45) is 0 Å². The van der Waals surface area contributed by atoms with E-state index in [1.165, 1.54) is 66.4 Å². The van der Waals surface area contributed by atoms with Crippen LogP contribution in [-0.4, -0.2) is 0 Å². The van der Waals surface area contributed by atoms with Gasteiger partial charge in [-0.05, 0) is 127 Å². The molecule has 0 aliphatic heterocycles. The molecule has 0 atom stereocenters. The minimum Gasteiger partial charge on any atom is -0.455 e. The molecule has 0 spiro atoms. The molecule has 1 aromatic heterocycles. The third-order valence-electron chi connectivity index (χ3n) is 13.3. The Balaban J connectivity index is 1.03. The number of fused-ring (bicyclic) bond motifs is 7. The van der Waals surface area contributed by atoms with Crippen LogP contribution in [0.15, 0.2) is 229 Å². The Hall–Kier alpha value is -7.94. The van der Waals surface area contributed by atoms with E-state index in [0.717, 1.165) is 50.1 Å². The van der Waals surface area contributed by atoms with Crippen molar-refractivity contribution >= 4 is 49.8 Å². The Morgan fingerprint density at radius 2 is 0.905 bits per heavy atom. The van der Waals surface area contributed by atoms with E-state index in [9.17, 15) is 0 Å². The van der Waals surface area contributed by atoms with Gasteiger partial charge < -0.3 is 9.32 Å². The van der Waals surface area contributed by atoms with Gasteiger partial charge in [0.25, 0.3) is 0 Å². The van der Waals surface area contributed by atoms with E-state index in [1.807, 2.05) is 12.1 Å². The van der Waals surface area contributed by atoms with E-state index in [1.54, 1.807) is 0 Å². The number of anilines is 3. The molecule has 12 rings (SSSR count). The van der Waals surface area contributed by atoms with Crippen LogP contribution in [0.5, 0.6) is 0 Å². The molecule has 0 saturated carbocycles. The van der Waals surface area contributed by atoms with Gasteiger partial charge in [0, 0.05) is 38.8 Å². The molecule has 11 aromatic rings. The molecule has 0 bridgehead atoms. The minimum absolute atomic E-state index is 0.121. The van der Waals surface area contributed by atoms with E-state index < -0.39 is 0 Å². The molecular formula is C61H43NO. The quantitative estimate of drug-likeness (QED) is 0.160. The van der Waals surface area contributed by atoms with Crippen molar-refractivity contribution in [1.82, 2.24) is 0 Å². The highest BCUT2D eigenvalue weighted by molar-refractivity contribution is 6.09. The van der Waals surface area contributed by atoms with Gasteiger partial charge in [0.2, 0.25) is 0 Å². The molecule has 2 nitrogen and oxygen atoms in total. The largest absolute Gasteiger partial charge is 0.455 e. The maximum absolute atomic E-state index is 6.48. The second kappa shape index (κ2) is 14.6. The summed E-state index contributed by atoms with van der Waals surface area (Å²) in [5.74, 6) is 0. The van der Waals surface area contributed by atoms with Gasteiger partial charge in [-0.2, -0.15) is 0 Å². The van der Waals surface area contributed by atoms with Crippen LogP contribution in [0, 0.1) is 0 Å². The molecule has 298 valence electrons. The summed E-state index contributed by atoms with van der Waals surface area (Å²) in [5.41, 5.74) is 19.7. The number of hydrogen-bond acceptors (Lipinski definition) is 2. The number of hydrogen-bond donors (Lipinski definition) is 0. The zero-order valence-corrected chi connectivity index (χ0v) is 35.2. The van der Waals surface area contributed by atoms with Gasteiger partial charge in [-0.1, -0.05) is 184 Å². The second-order valence-corrected chi connectivity index (χ2v) is 17.3. The van der Waals surface area contributed by atoms with Crippen LogP contribution in [0.3, 0.4) is 0 Å². The second-order valence-electron chi connectivity index (χ2n) is 17.3. The number of rotatable bonds is 7. The monoisotopic (exact) mass is 805 g/mol. The highest BCUT2D eigenvalue weighted by Gasteiger charge is 2.35. The first-order valence-corrected chi connectivity index (χ1v) is 21.8. The summed E-state index contributed by atoms with van der Waals surface area (Å²) in [6.07, 6.45) is 0. The first kappa shape index (κ1) is 36.9. The number of benzene rings is 10. The molecule has 0 N–H and O–H groups in total. The van der Waals surface area contributed by atoms with Gasteiger partial charge in [-0.25, -0.2) is 0 Å². The average Bonchev–Trinajstić information content (AvgIpc) is 3.84. The number of nitrogens with zero attached hydrogens (tertiary/aromatic N) is 1. The van der Waals surface area contributed by atoms with E-state index in [-0.39, 0.29) is 5.41 Å². The Morgan fingerprint density at radius 3 is 1.73 bits per heavy atom. The summed E-state index contributed by atoms with van der Waals surface area (Å²) < 4.78 is 6.48. The molecule has 2 heteroatoms. The predicted octanol–water partition coefficient (Wildman–Crippen LogP) is 17.2. The maximum atomic E-state index is 6.48. The molecular weight excluding hydrogens is 763 g/mol. The first-order valence-electron chi connectivity index (χ1n) is 21.8. The highest BCUT2D eigenvalue weighted by Crippen LogP contribution is 2.51. The van der Waals surface area contributed by atoms with Gasteiger partial charge in [-0.15, -0.1) is 0 Å². The standard InChI is InChI=1S/C61H43NO/c1-61(2)57-21-10-8-17-52(57)53-35-29-46(38-58(53)61)56-39-49(34-36-50(56)45-24-23-41-15-6-7-16-44(41)37-45)62(47-30-25-42(26-31-47)40-13-4-3-5-14-40)48-32-27-43(28-33-48)51-19-12-20-55-54-18-9-11-22-59(54)63-60(51)55/h3-39H,1-2H3. The third kappa shape index (κ3) is 6.17. The fourth-order valence-corrected chi connectivity index (χ4v) is 10.0. The van der Waals surface area contributed by atoms with Crippen molar-refractivity contribution in [3.8, 4) is 55.6 Å². The van der Waals surface area contributed by atoms with Crippen LogP contribution in [0.4, 0.5) is 17.1 Å². The van der Waals surface area contributed by atoms with Crippen LogP contribution in [0.2, 0.25) is 0 Å². The Kier molecular flexibility index (Phi) is 8.55. The highest BCUT2D eigenvalue weighted by atomic mass is 16.3. The van der Waals surface area contributed by atoms with Crippen molar-refractivity contribution in [3.63, 3.8) is 0 Å². The molecule has 0 unspecified atom stereocenters. The fourth-order valence-electron chi connectivity index (χ4n) is 10.0. The van der Waals surface area contributed by atoms with Crippen molar-refractivity contribution in [2.75, 3.05) is 4.90 Å². The van der Waals surface area contributed by atoms with Gasteiger partial charge >= 0.3 is 0 Å². The molecule has 0 saturated heterocycles. The summed E-state index contributed by atoms with van der Waals surface area (Å²) in [5, 5.41) is 4.73. The van der Waals surface area contributed by atoms with Crippen molar-refractivity contribution in [3.05, 3.63) is 236 Å². The number of furan rings is 1. The van der Waals surface area contributed by atoms with Gasteiger partial charge in [0.1, 0.15) is 11.2 Å². The van der Waals surface area contributed by atoms with Crippen LogP contribution in [-0.2, 0) is 5.41 Å². The van der Waals surface area contributed by atoms with Crippen LogP contribution in [0.25, 0.3) is 88.3 Å². The summed E-state index contributed by atoms with van der Waals surface area (Å²) in [4.78, 5) is 2.39. The smallest absolute Gasteiger partial charge is 0.143 e. The van der Waals surface area contributed by atoms with Crippen LogP contribution >= 0.6 is 0 Å². The van der Waals surface area contributed by atoms with Crippen molar-refractivity contribution in [2.45, 2.75) is 19.3 Å². The maximum Gasteiger partial charge on any atom is 0.143 e. The lowest BCUT2D eigenvalue weighted by Crippen LogP contribution is -2.15. The van der Waals surface area contributed by atoms with Crippen LogP contribution < -0.4 is 4.90 Å². The molecule has 0 fully saturated rings. The van der Waals surface area contributed by atoms with E-state index in [0.29, 0.717) is 0 Å². The first-order chi connectivity index (χ1) is 31.0. The Bertz CT molecular complexity index is 3520. The van der Waals surface area contributed by atoms with Gasteiger partial charge in [0.15, 0.2) is 0 Å². The Morgan fingerprint density at radius 1 is 0.333 bits per heavy atom. The normalized spacial score (nSPS) is 12.7. The van der Waals surface area contributed by atoms with E-state index in [2.05, 4.69) is 231 Å². The molecule has 1 heterocycles. The lowest BCUT2D eigenvalue weighted by atomic mass is 9.81. The third-order valence-corrected chi connectivity index (χ3v) is 13.3. The minimum atomic E-state index is -0.121. The summed E-state index contributed by atoms with van der Waals surface area (Å²) in [7, 11) is 0. The zero-order chi connectivity index (χ0) is 42.1. The lowest BCUT2D eigenvalue weighted by Gasteiger charge is -2.27. The van der Waals surface area contributed by atoms with Gasteiger partial charge in [0.05, 0.1) is 0 Å². The molecule has 0 amide bonds. The molecule has 63 heavy (non-hydrogen) atoms. The molecule has 1 aliphatic carbocycles.